The lowest BCUT2D eigenvalue weighted by Gasteiger charge is -2.50. The number of fused-ring (bicyclic) bond motifs is 1. The molecule has 0 saturated heterocycles. The van der Waals surface area contributed by atoms with Gasteiger partial charge in [-0.25, -0.2) is 0 Å². The van der Waals surface area contributed by atoms with E-state index >= 15 is 0 Å². The zero-order valence-corrected chi connectivity index (χ0v) is 14.5. The van der Waals surface area contributed by atoms with Gasteiger partial charge in [0.25, 0.3) is 0 Å². The molecule has 0 heterocycles. The summed E-state index contributed by atoms with van der Waals surface area (Å²) in [7, 11) is 0. The van der Waals surface area contributed by atoms with Gasteiger partial charge in [0.05, 0.1) is 5.60 Å². The Hall–Kier alpha value is -0.300. The summed E-state index contributed by atoms with van der Waals surface area (Å²) in [5, 5.41) is 11.1. The molecule has 1 N–H and O–H groups in total. The SMILES string of the molecule is C=CCC1(O)CCC[C@]2(C)C(CCCCC(C)C)CCC12. The van der Waals surface area contributed by atoms with Crippen LogP contribution in [0.2, 0.25) is 0 Å². The van der Waals surface area contributed by atoms with Crippen molar-refractivity contribution in [2.45, 2.75) is 90.6 Å². The first-order valence-corrected chi connectivity index (χ1v) is 9.25. The second-order valence-corrected chi connectivity index (χ2v) is 8.46. The van der Waals surface area contributed by atoms with Crippen molar-refractivity contribution in [3.05, 3.63) is 12.7 Å². The average molecular weight is 293 g/mol. The highest BCUT2D eigenvalue weighted by molar-refractivity contribution is 5.08. The van der Waals surface area contributed by atoms with Crippen LogP contribution < -0.4 is 0 Å². The molecule has 4 atom stereocenters. The first-order valence-electron chi connectivity index (χ1n) is 9.25. The maximum Gasteiger partial charge on any atom is 0.0715 e. The average Bonchev–Trinajstić information content (AvgIpc) is 2.73. The van der Waals surface area contributed by atoms with Crippen LogP contribution in [0.4, 0.5) is 0 Å². The first-order chi connectivity index (χ1) is 9.92. The van der Waals surface area contributed by atoms with E-state index in [-0.39, 0.29) is 0 Å². The highest BCUT2D eigenvalue weighted by Crippen LogP contribution is 2.60. The van der Waals surface area contributed by atoms with Crippen molar-refractivity contribution < 1.29 is 5.11 Å². The molecule has 0 aliphatic heterocycles. The number of hydrogen-bond donors (Lipinski definition) is 1. The molecule has 122 valence electrons. The summed E-state index contributed by atoms with van der Waals surface area (Å²) in [5.74, 6) is 2.18. The van der Waals surface area contributed by atoms with Gasteiger partial charge in [0.15, 0.2) is 0 Å². The standard InChI is InChI=1S/C20H36O/c1-5-13-20(21)15-8-14-19(4)17(11-12-18(19)20)10-7-6-9-16(2)3/h5,16-18,21H,1,6-15H2,2-4H3/t17?,18?,19-,20?/m1/s1. The van der Waals surface area contributed by atoms with Gasteiger partial charge in [-0.1, -0.05) is 52.5 Å². The molecule has 2 saturated carbocycles. The topological polar surface area (TPSA) is 20.2 Å². The molecular formula is C20H36O. The van der Waals surface area contributed by atoms with Crippen molar-refractivity contribution in [2.75, 3.05) is 0 Å². The number of rotatable bonds is 7. The summed E-state index contributed by atoms with van der Waals surface area (Å²) < 4.78 is 0. The molecule has 0 aromatic carbocycles. The first kappa shape index (κ1) is 17.1. The van der Waals surface area contributed by atoms with Gasteiger partial charge in [0.2, 0.25) is 0 Å². The molecule has 0 bridgehead atoms. The van der Waals surface area contributed by atoms with Crippen molar-refractivity contribution in [3.63, 3.8) is 0 Å². The van der Waals surface area contributed by atoms with Gasteiger partial charge in [-0.2, -0.15) is 0 Å². The molecular weight excluding hydrogens is 256 g/mol. The fraction of sp³-hybridized carbons (Fsp3) is 0.900. The molecule has 2 fully saturated rings. The third-order valence-electron chi connectivity index (χ3n) is 6.59. The third kappa shape index (κ3) is 3.55. The van der Waals surface area contributed by atoms with E-state index in [1.807, 2.05) is 6.08 Å². The molecule has 1 nitrogen and oxygen atoms in total. The van der Waals surface area contributed by atoms with Gasteiger partial charge in [0, 0.05) is 0 Å². The Kier molecular flexibility index (Phi) is 5.57. The second kappa shape index (κ2) is 6.86. The molecule has 0 radical (unpaired) electrons. The molecule has 2 aliphatic rings. The highest BCUT2D eigenvalue weighted by atomic mass is 16.3. The monoisotopic (exact) mass is 292 g/mol. The maximum absolute atomic E-state index is 11.1. The Morgan fingerprint density at radius 1 is 1.24 bits per heavy atom. The molecule has 0 aromatic heterocycles. The van der Waals surface area contributed by atoms with Crippen LogP contribution in [0.1, 0.15) is 85.0 Å². The minimum absolute atomic E-state index is 0.383. The maximum atomic E-state index is 11.1. The molecule has 1 heteroatoms. The van der Waals surface area contributed by atoms with Crippen LogP contribution in [0.15, 0.2) is 12.7 Å². The quantitative estimate of drug-likeness (QED) is 0.469. The van der Waals surface area contributed by atoms with E-state index in [9.17, 15) is 5.11 Å². The fourth-order valence-corrected chi connectivity index (χ4v) is 5.43. The van der Waals surface area contributed by atoms with Crippen LogP contribution in [0.3, 0.4) is 0 Å². The predicted octanol–water partition coefficient (Wildman–Crippen LogP) is 5.73. The van der Waals surface area contributed by atoms with E-state index in [0.29, 0.717) is 11.3 Å². The Morgan fingerprint density at radius 3 is 2.67 bits per heavy atom. The Bertz CT molecular complexity index is 348. The van der Waals surface area contributed by atoms with Crippen LogP contribution in [-0.2, 0) is 0 Å². The molecule has 2 aliphatic carbocycles. The van der Waals surface area contributed by atoms with E-state index in [4.69, 9.17) is 0 Å². The van der Waals surface area contributed by atoms with Crippen LogP contribution in [0.5, 0.6) is 0 Å². The lowest BCUT2D eigenvalue weighted by atomic mass is 9.58. The summed E-state index contributed by atoms with van der Waals surface area (Å²) in [4.78, 5) is 0. The summed E-state index contributed by atoms with van der Waals surface area (Å²) in [6.07, 6.45) is 14.3. The van der Waals surface area contributed by atoms with Crippen molar-refractivity contribution >= 4 is 0 Å². The van der Waals surface area contributed by atoms with Crippen molar-refractivity contribution in [1.29, 1.82) is 0 Å². The van der Waals surface area contributed by atoms with Crippen molar-refractivity contribution in [2.24, 2.45) is 23.2 Å². The molecule has 21 heavy (non-hydrogen) atoms. The van der Waals surface area contributed by atoms with Gasteiger partial charge < -0.3 is 5.11 Å². The van der Waals surface area contributed by atoms with Gasteiger partial charge in [-0.15, -0.1) is 6.58 Å². The van der Waals surface area contributed by atoms with Gasteiger partial charge in [-0.3, -0.25) is 0 Å². The van der Waals surface area contributed by atoms with E-state index in [0.717, 1.165) is 24.7 Å². The summed E-state index contributed by atoms with van der Waals surface area (Å²) in [6.45, 7) is 11.0. The van der Waals surface area contributed by atoms with Gasteiger partial charge in [-0.05, 0) is 61.7 Å². The van der Waals surface area contributed by atoms with Gasteiger partial charge in [0.1, 0.15) is 0 Å². The number of unbranched alkanes of at least 4 members (excludes halogenated alkanes) is 1. The molecule has 3 unspecified atom stereocenters. The van der Waals surface area contributed by atoms with Crippen LogP contribution in [0, 0.1) is 23.2 Å². The normalized spacial score (nSPS) is 39.5. The number of hydrogen-bond acceptors (Lipinski definition) is 1. The van der Waals surface area contributed by atoms with E-state index in [1.165, 1.54) is 51.4 Å². The van der Waals surface area contributed by atoms with Crippen LogP contribution in [-0.4, -0.2) is 10.7 Å². The Balaban J connectivity index is 1.96. The van der Waals surface area contributed by atoms with E-state index in [2.05, 4.69) is 27.4 Å². The fourth-order valence-electron chi connectivity index (χ4n) is 5.43. The van der Waals surface area contributed by atoms with E-state index in [1.54, 1.807) is 0 Å². The van der Waals surface area contributed by atoms with Gasteiger partial charge >= 0.3 is 0 Å². The Labute approximate surface area is 132 Å². The molecule has 0 aromatic rings. The minimum atomic E-state index is -0.457. The zero-order valence-electron chi connectivity index (χ0n) is 14.5. The molecule has 0 spiro atoms. The van der Waals surface area contributed by atoms with E-state index < -0.39 is 5.60 Å². The molecule has 2 rings (SSSR count). The third-order valence-corrected chi connectivity index (χ3v) is 6.59. The van der Waals surface area contributed by atoms with Crippen LogP contribution >= 0.6 is 0 Å². The smallest absolute Gasteiger partial charge is 0.0715 e. The lowest BCUT2D eigenvalue weighted by molar-refractivity contribution is -0.103. The summed E-state index contributed by atoms with van der Waals surface area (Å²) in [6, 6.07) is 0. The summed E-state index contributed by atoms with van der Waals surface area (Å²) in [5.41, 5.74) is -0.0741. The lowest BCUT2D eigenvalue weighted by Crippen LogP contribution is -2.49. The van der Waals surface area contributed by atoms with Crippen molar-refractivity contribution in [3.8, 4) is 0 Å². The molecule has 0 amide bonds. The largest absolute Gasteiger partial charge is 0.389 e. The Morgan fingerprint density at radius 2 is 2.00 bits per heavy atom. The second-order valence-electron chi connectivity index (χ2n) is 8.46. The van der Waals surface area contributed by atoms with Crippen molar-refractivity contribution in [1.82, 2.24) is 0 Å². The number of aliphatic hydroxyl groups is 1. The zero-order chi connectivity index (χ0) is 15.5. The minimum Gasteiger partial charge on any atom is -0.389 e. The van der Waals surface area contributed by atoms with Crippen LogP contribution in [0.25, 0.3) is 0 Å². The predicted molar refractivity (Wildman–Crippen MR) is 91.2 cm³/mol. The summed E-state index contributed by atoms with van der Waals surface area (Å²) >= 11 is 0. The highest BCUT2D eigenvalue weighted by Gasteiger charge is 2.55.